The monoisotopic (exact) mass is 397 g/mol. The van der Waals surface area contributed by atoms with Gasteiger partial charge in [0.25, 0.3) is 11.4 Å². The zero-order chi connectivity index (χ0) is 20.8. The molecular weight excluding hydrogens is 378 g/mol. The lowest BCUT2D eigenvalue weighted by Crippen LogP contribution is -2.34. The van der Waals surface area contributed by atoms with Crippen LogP contribution in [-0.2, 0) is 4.79 Å². The Balaban J connectivity index is 1.76. The van der Waals surface area contributed by atoms with Crippen molar-refractivity contribution < 1.29 is 19.4 Å². The number of carbonyl (C=O) groups is 1. The molecule has 0 saturated carbocycles. The topological polar surface area (TPSA) is 116 Å². The molecular formula is C20H19N3O6. The van der Waals surface area contributed by atoms with Crippen molar-refractivity contribution in [2.45, 2.75) is 19.3 Å². The summed E-state index contributed by atoms with van der Waals surface area (Å²) in [5.74, 6) is 0.272. The fourth-order valence-corrected chi connectivity index (χ4v) is 3.04. The number of benzene rings is 2. The van der Waals surface area contributed by atoms with Crippen molar-refractivity contribution in [3.8, 4) is 11.5 Å². The van der Waals surface area contributed by atoms with Crippen LogP contribution in [0.25, 0.3) is 6.08 Å². The fourth-order valence-electron chi connectivity index (χ4n) is 3.04. The summed E-state index contributed by atoms with van der Waals surface area (Å²) in [7, 11) is 0. The first-order valence-corrected chi connectivity index (χ1v) is 9.11. The van der Waals surface area contributed by atoms with E-state index < -0.39 is 21.2 Å². The molecule has 1 heterocycles. The molecule has 3 rings (SSSR count). The first-order valence-electron chi connectivity index (χ1n) is 9.11. The van der Waals surface area contributed by atoms with E-state index >= 15 is 0 Å². The number of amides is 1. The van der Waals surface area contributed by atoms with Crippen LogP contribution in [0.4, 0.5) is 11.4 Å². The SMILES string of the molecule is O=C(/C=C/c1cccc(Oc2cc([N+](=O)[O-])cc([N+](=O)[O-])c2)c1)N1CCCCC1. The van der Waals surface area contributed by atoms with Gasteiger partial charge in [-0.1, -0.05) is 12.1 Å². The van der Waals surface area contributed by atoms with Crippen molar-refractivity contribution in [3.63, 3.8) is 0 Å². The van der Waals surface area contributed by atoms with E-state index in [9.17, 15) is 25.0 Å². The molecule has 1 amide bonds. The van der Waals surface area contributed by atoms with Gasteiger partial charge in [-0.3, -0.25) is 25.0 Å². The Morgan fingerprint density at radius 2 is 1.59 bits per heavy atom. The van der Waals surface area contributed by atoms with E-state index in [-0.39, 0.29) is 11.7 Å². The second-order valence-corrected chi connectivity index (χ2v) is 6.59. The molecule has 0 aromatic heterocycles. The van der Waals surface area contributed by atoms with E-state index in [1.807, 2.05) is 4.90 Å². The molecule has 0 unspecified atom stereocenters. The zero-order valence-electron chi connectivity index (χ0n) is 15.5. The number of nitro benzene ring substituents is 2. The number of ether oxygens (including phenoxy) is 1. The van der Waals surface area contributed by atoms with Crippen LogP contribution in [0.15, 0.2) is 48.5 Å². The van der Waals surface area contributed by atoms with Crippen molar-refractivity contribution in [1.29, 1.82) is 0 Å². The quantitative estimate of drug-likeness (QED) is 0.407. The Hall–Kier alpha value is -3.75. The number of non-ortho nitro benzene ring substituents is 2. The molecule has 0 aliphatic carbocycles. The summed E-state index contributed by atoms with van der Waals surface area (Å²) < 4.78 is 5.59. The van der Waals surface area contributed by atoms with Crippen LogP contribution in [0, 0.1) is 20.2 Å². The highest BCUT2D eigenvalue weighted by molar-refractivity contribution is 5.91. The van der Waals surface area contributed by atoms with Crippen LogP contribution < -0.4 is 4.74 Å². The molecule has 1 fully saturated rings. The summed E-state index contributed by atoms with van der Waals surface area (Å²) in [4.78, 5) is 34.6. The van der Waals surface area contributed by atoms with Gasteiger partial charge in [0.2, 0.25) is 5.91 Å². The number of hydrogen-bond acceptors (Lipinski definition) is 6. The van der Waals surface area contributed by atoms with Crippen molar-refractivity contribution in [2.24, 2.45) is 0 Å². The maximum Gasteiger partial charge on any atom is 0.280 e. The summed E-state index contributed by atoms with van der Waals surface area (Å²) in [6.45, 7) is 1.52. The largest absolute Gasteiger partial charge is 0.457 e. The van der Waals surface area contributed by atoms with Gasteiger partial charge < -0.3 is 9.64 Å². The second-order valence-electron chi connectivity index (χ2n) is 6.59. The Labute approximate surface area is 166 Å². The minimum absolute atomic E-state index is 0.0172. The Morgan fingerprint density at radius 1 is 0.931 bits per heavy atom. The molecule has 0 radical (unpaired) electrons. The van der Waals surface area contributed by atoms with Crippen LogP contribution in [0.2, 0.25) is 0 Å². The van der Waals surface area contributed by atoms with Gasteiger partial charge in [0, 0.05) is 19.2 Å². The smallest absolute Gasteiger partial charge is 0.280 e. The second kappa shape index (κ2) is 8.96. The lowest BCUT2D eigenvalue weighted by molar-refractivity contribution is -0.394. The lowest BCUT2D eigenvalue weighted by Gasteiger charge is -2.25. The number of nitro groups is 2. The molecule has 1 aliphatic rings. The molecule has 1 aliphatic heterocycles. The van der Waals surface area contributed by atoms with Crippen molar-refractivity contribution in [3.05, 3.63) is 74.3 Å². The fraction of sp³-hybridized carbons (Fsp3) is 0.250. The van der Waals surface area contributed by atoms with Crippen LogP contribution in [0.1, 0.15) is 24.8 Å². The summed E-state index contributed by atoms with van der Waals surface area (Å²) in [5.41, 5.74) is -0.164. The number of nitrogens with zero attached hydrogens (tertiary/aromatic N) is 3. The number of rotatable bonds is 6. The molecule has 0 spiro atoms. The van der Waals surface area contributed by atoms with E-state index in [1.165, 1.54) is 6.08 Å². The predicted molar refractivity (Wildman–Crippen MR) is 106 cm³/mol. The third-order valence-electron chi connectivity index (χ3n) is 4.48. The molecule has 0 bridgehead atoms. The first-order chi connectivity index (χ1) is 13.9. The summed E-state index contributed by atoms with van der Waals surface area (Å²) in [5, 5.41) is 22.0. The Morgan fingerprint density at radius 3 is 2.21 bits per heavy atom. The van der Waals surface area contributed by atoms with Gasteiger partial charge in [0.05, 0.1) is 28.0 Å². The van der Waals surface area contributed by atoms with E-state index in [4.69, 9.17) is 4.74 Å². The van der Waals surface area contributed by atoms with Gasteiger partial charge >= 0.3 is 0 Å². The first kappa shape index (κ1) is 20.0. The van der Waals surface area contributed by atoms with Crippen LogP contribution in [0.3, 0.4) is 0 Å². The van der Waals surface area contributed by atoms with Gasteiger partial charge in [-0.2, -0.15) is 0 Å². The third kappa shape index (κ3) is 5.38. The molecule has 150 valence electrons. The highest BCUT2D eigenvalue weighted by Gasteiger charge is 2.18. The number of carbonyl (C=O) groups excluding carboxylic acids is 1. The normalized spacial score (nSPS) is 14.0. The van der Waals surface area contributed by atoms with Crippen molar-refractivity contribution in [1.82, 2.24) is 4.90 Å². The standard InChI is InChI=1S/C20H19N3O6/c24-20(21-9-2-1-3-10-21)8-7-15-5-4-6-18(11-15)29-19-13-16(22(25)26)12-17(14-19)23(27)28/h4-8,11-14H,1-3,9-10H2/b8-7+. The minimum atomic E-state index is -0.717. The maximum atomic E-state index is 12.2. The molecule has 9 nitrogen and oxygen atoms in total. The Kier molecular flexibility index (Phi) is 6.18. The van der Waals surface area contributed by atoms with E-state index in [0.29, 0.717) is 11.3 Å². The summed E-state index contributed by atoms with van der Waals surface area (Å²) in [6, 6.07) is 9.86. The summed E-state index contributed by atoms with van der Waals surface area (Å²) >= 11 is 0. The molecule has 0 N–H and O–H groups in total. The molecule has 2 aromatic rings. The minimum Gasteiger partial charge on any atom is -0.457 e. The van der Waals surface area contributed by atoms with E-state index in [1.54, 1.807) is 30.3 Å². The van der Waals surface area contributed by atoms with Crippen molar-refractivity contribution >= 4 is 23.4 Å². The predicted octanol–water partition coefficient (Wildman–Crippen LogP) is 4.32. The van der Waals surface area contributed by atoms with E-state index in [0.717, 1.165) is 50.6 Å². The summed E-state index contributed by atoms with van der Waals surface area (Å²) in [6.07, 6.45) is 6.33. The number of hydrogen-bond donors (Lipinski definition) is 0. The van der Waals surface area contributed by atoms with Crippen LogP contribution in [0.5, 0.6) is 11.5 Å². The van der Waals surface area contributed by atoms with Gasteiger partial charge in [-0.05, 0) is 43.0 Å². The van der Waals surface area contributed by atoms with E-state index in [2.05, 4.69) is 0 Å². The highest BCUT2D eigenvalue weighted by Crippen LogP contribution is 2.31. The van der Waals surface area contributed by atoms with Crippen molar-refractivity contribution in [2.75, 3.05) is 13.1 Å². The van der Waals surface area contributed by atoms with Crippen LogP contribution in [-0.4, -0.2) is 33.7 Å². The molecule has 0 atom stereocenters. The van der Waals surface area contributed by atoms with Crippen LogP contribution >= 0.6 is 0 Å². The maximum absolute atomic E-state index is 12.2. The Bertz CT molecular complexity index is 934. The highest BCUT2D eigenvalue weighted by atomic mass is 16.6. The molecule has 9 heteroatoms. The van der Waals surface area contributed by atoms with Gasteiger partial charge in [-0.15, -0.1) is 0 Å². The third-order valence-corrected chi connectivity index (χ3v) is 4.48. The average molecular weight is 397 g/mol. The number of likely N-dealkylation sites (tertiary alicyclic amines) is 1. The molecule has 1 saturated heterocycles. The van der Waals surface area contributed by atoms with Gasteiger partial charge in [0.1, 0.15) is 11.5 Å². The molecule has 2 aromatic carbocycles. The van der Waals surface area contributed by atoms with Gasteiger partial charge in [0.15, 0.2) is 0 Å². The molecule has 29 heavy (non-hydrogen) atoms. The van der Waals surface area contributed by atoms with Gasteiger partial charge in [-0.25, -0.2) is 0 Å². The number of piperidine rings is 1. The average Bonchev–Trinajstić information content (AvgIpc) is 2.72. The lowest BCUT2D eigenvalue weighted by atomic mass is 10.1. The zero-order valence-corrected chi connectivity index (χ0v) is 15.5.